The first-order valence-electron chi connectivity index (χ1n) is 10.2. The van der Waals surface area contributed by atoms with Gasteiger partial charge in [0, 0.05) is 59.5 Å². The number of esters is 1. The van der Waals surface area contributed by atoms with Crippen molar-refractivity contribution < 1.29 is 31.4 Å². The summed E-state index contributed by atoms with van der Waals surface area (Å²) in [5, 5.41) is 0. The molecule has 1 heterocycles. The Kier molecular flexibility index (Phi) is 10.9. The fourth-order valence-electron chi connectivity index (χ4n) is 3.14. The van der Waals surface area contributed by atoms with Crippen molar-refractivity contribution >= 4 is 23.6 Å². The lowest BCUT2D eigenvalue weighted by atomic mass is 9.85. The van der Waals surface area contributed by atoms with E-state index in [9.17, 15) is 4.79 Å². The highest BCUT2D eigenvalue weighted by Crippen LogP contribution is 2.32. The van der Waals surface area contributed by atoms with E-state index in [2.05, 4.69) is 11.9 Å². The van der Waals surface area contributed by atoms with Crippen LogP contribution in [0, 0.1) is 5.41 Å². The zero-order valence-electron chi connectivity index (χ0n) is 19.6. The Balaban J connectivity index is 2.60. The zero-order valence-corrected chi connectivity index (χ0v) is 21.6. The molecule has 0 saturated carbocycles. The van der Waals surface area contributed by atoms with Gasteiger partial charge in [0.15, 0.2) is 0 Å². The lowest BCUT2D eigenvalue weighted by molar-refractivity contribution is -0.155. The van der Waals surface area contributed by atoms with Crippen molar-refractivity contribution in [3.8, 4) is 0 Å². The monoisotopic (exact) mass is 462 g/mol. The number of rotatable bonds is 15. The van der Waals surface area contributed by atoms with Crippen LogP contribution in [-0.4, -0.2) is 68.2 Å². The molecule has 1 unspecified atom stereocenters. The summed E-state index contributed by atoms with van der Waals surface area (Å²) >= 11 is 0. The van der Waals surface area contributed by atoms with E-state index in [1.807, 2.05) is 24.6 Å². The second-order valence-corrected chi connectivity index (χ2v) is 13.9. The third-order valence-corrected chi connectivity index (χ3v) is 11.7. The first kappa shape index (κ1) is 26.9. The smallest absolute Gasteiger partial charge is 0.465 e. The lowest BCUT2D eigenvalue weighted by Gasteiger charge is -2.33. The summed E-state index contributed by atoms with van der Waals surface area (Å²) in [6, 6.07) is 0.673. The van der Waals surface area contributed by atoms with Gasteiger partial charge >= 0.3 is 23.6 Å². The molecule has 0 bridgehead atoms. The maximum atomic E-state index is 12.7. The van der Waals surface area contributed by atoms with Gasteiger partial charge in [-0.05, 0) is 33.1 Å². The molecule has 0 N–H and O–H groups in total. The molecule has 1 rings (SSSR count). The molecule has 0 spiro atoms. The SMILES string of the molecule is CCC(CC(C)(C)C(=O)OCCC[Si](OC)(OC)O[Si](C)(OC)OC)n1ccnc1. The topological polar surface area (TPSA) is 90.3 Å². The number of hydrogen-bond acceptors (Lipinski definition) is 8. The van der Waals surface area contributed by atoms with Crippen molar-refractivity contribution in [3.05, 3.63) is 18.7 Å². The maximum absolute atomic E-state index is 12.7. The molecule has 0 aliphatic carbocycles. The number of carbonyl (C=O) groups excluding carboxylic acids is 1. The molecule has 1 aromatic heterocycles. The van der Waals surface area contributed by atoms with Crippen LogP contribution in [0.25, 0.3) is 0 Å². The first-order chi connectivity index (χ1) is 14.1. The Morgan fingerprint density at radius 3 is 2.23 bits per heavy atom. The van der Waals surface area contributed by atoms with E-state index in [1.165, 1.54) is 14.2 Å². The highest BCUT2D eigenvalue weighted by atomic mass is 28.5. The number of nitrogens with zero attached hydrogens (tertiary/aromatic N) is 2. The number of imidazole rings is 1. The summed E-state index contributed by atoms with van der Waals surface area (Å²) in [5.41, 5.74) is -0.615. The Hall–Kier alpha value is -1.09. The van der Waals surface area contributed by atoms with Gasteiger partial charge in [0.05, 0.1) is 18.3 Å². The summed E-state index contributed by atoms with van der Waals surface area (Å²) in [4.78, 5) is 16.8. The molecule has 1 aromatic rings. The average molecular weight is 463 g/mol. The van der Waals surface area contributed by atoms with Gasteiger partial charge in [-0.25, -0.2) is 4.98 Å². The summed E-state index contributed by atoms with van der Waals surface area (Å²) in [5.74, 6) is -0.225. The van der Waals surface area contributed by atoms with E-state index >= 15 is 0 Å². The van der Waals surface area contributed by atoms with Crippen LogP contribution < -0.4 is 0 Å². The Morgan fingerprint density at radius 2 is 1.77 bits per heavy atom. The van der Waals surface area contributed by atoms with Crippen molar-refractivity contribution in [1.29, 1.82) is 0 Å². The van der Waals surface area contributed by atoms with Gasteiger partial charge < -0.3 is 31.1 Å². The fraction of sp³-hybridized carbons (Fsp3) is 0.789. The molecule has 0 saturated heterocycles. The molecule has 30 heavy (non-hydrogen) atoms. The quantitative estimate of drug-likeness (QED) is 0.223. The standard InChI is InChI=1S/C19H38N2O7Si2/c1-9-17(21-12-11-20-16-21)15-19(2,3)18(22)27-13-10-14-30(25-6,26-7)28-29(8,23-4)24-5/h11-12,16-17H,9-10,13-15H2,1-8H3. The molecule has 0 aromatic carbocycles. The Morgan fingerprint density at radius 1 is 1.13 bits per heavy atom. The van der Waals surface area contributed by atoms with Crippen molar-refractivity contribution in [2.24, 2.45) is 5.41 Å². The summed E-state index contributed by atoms with van der Waals surface area (Å²) in [6.07, 6.45) is 7.58. The fourth-order valence-corrected chi connectivity index (χ4v) is 8.46. The van der Waals surface area contributed by atoms with Crippen LogP contribution in [-0.2, 0) is 31.4 Å². The van der Waals surface area contributed by atoms with E-state index in [4.69, 9.17) is 26.6 Å². The van der Waals surface area contributed by atoms with Crippen LogP contribution in [0.4, 0.5) is 0 Å². The Bertz CT molecular complexity index is 620. The molecule has 0 amide bonds. The molecule has 0 aliphatic rings. The second-order valence-electron chi connectivity index (χ2n) is 7.86. The minimum absolute atomic E-state index is 0.191. The lowest BCUT2D eigenvalue weighted by Crippen LogP contribution is -2.55. The van der Waals surface area contributed by atoms with Gasteiger partial charge in [0.1, 0.15) is 0 Å². The van der Waals surface area contributed by atoms with E-state index in [0.717, 1.165) is 6.42 Å². The van der Waals surface area contributed by atoms with Gasteiger partial charge in [0.25, 0.3) is 0 Å². The molecule has 0 radical (unpaired) electrons. The maximum Gasteiger partial charge on any atom is 0.493 e. The molecule has 174 valence electrons. The summed E-state index contributed by atoms with van der Waals surface area (Å²) in [7, 11) is 0.337. The van der Waals surface area contributed by atoms with Crippen molar-refractivity contribution in [1.82, 2.24) is 9.55 Å². The molecular formula is C19H38N2O7Si2. The van der Waals surface area contributed by atoms with E-state index in [-0.39, 0.29) is 18.6 Å². The first-order valence-corrected chi connectivity index (χ1v) is 14.3. The highest BCUT2D eigenvalue weighted by Gasteiger charge is 2.48. The molecule has 0 aliphatic heterocycles. The van der Waals surface area contributed by atoms with Gasteiger partial charge in [-0.15, -0.1) is 0 Å². The number of aromatic nitrogens is 2. The number of carbonyl (C=O) groups is 1. The number of ether oxygens (including phenoxy) is 1. The van der Waals surface area contributed by atoms with Crippen molar-refractivity contribution in [2.45, 2.75) is 58.7 Å². The van der Waals surface area contributed by atoms with Crippen LogP contribution in [0.15, 0.2) is 18.7 Å². The van der Waals surface area contributed by atoms with Gasteiger partial charge in [-0.2, -0.15) is 0 Å². The average Bonchev–Trinajstić information content (AvgIpc) is 3.28. The molecule has 11 heteroatoms. The predicted octanol–water partition coefficient (Wildman–Crippen LogP) is 3.29. The minimum Gasteiger partial charge on any atom is -0.465 e. The minimum atomic E-state index is -3.00. The number of hydrogen-bond donors (Lipinski definition) is 0. The second kappa shape index (κ2) is 12.1. The highest BCUT2D eigenvalue weighted by molar-refractivity contribution is 6.74. The van der Waals surface area contributed by atoms with Gasteiger partial charge in [0.2, 0.25) is 0 Å². The van der Waals surface area contributed by atoms with E-state index < -0.39 is 23.0 Å². The van der Waals surface area contributed by atoms with Gasteiger partial charge in [-0.1, -0.05) is 6.92 Å². The molecular weight excluding hydrogens is 424 g/mol. The molecule has 9 nitrogen and oxygen atoms in total. The third-order valence-electron chi connectivity index (χ3n) is 5.28. The van der Waals surface area contributed by atoms with Crippen molar-refractivity contribution in [2.75, 3.05) is 35.0 Å². The normalized spacial score (nSPS) is 14.0. The van der Waals surface area contributed by atoms with Gasteiger partial charge in [-0.3, -0.25) is 4.79 Å². The zero-order chi connectivity index (χ0) is 22.8. The van der Waals surface area contributed by atoms with E-state index in [0.29, 0.717) is 18.9 Å². The summed E-state index contributed by atoms with van der Waals surface area (Å²) in [6.45, 7) is 7.96. The van der Waals surface area contributed by atoms with Crippen LogP contribution in [0.3, 0.4) is 0 Å². The Labute approximate surface area is 182 Å². The van der Waals surface area contributed by atoms with Crippen LogP contribution in [0.1, 0.15) is 46.1 Å². The van der Waals surface area contributed by atoms with Crippen LogP contribution in [0.2, 0.25) is 12.6 Å². The summed E-state index contributed by atoms with van der Waals surface area (Å²) < 4.78 is 35.6. The largest absolute Gasteiger partial charge is 0.493 e. The van der Waals surface area contributed by atoms with Crippen molar-refractivity contribution in [3.63, 3.8) is 0 Å². The predicted molar refractivity (Wildman–Crippen MR) is 117 cm³/mol. The van der Waals surface area contributed by atoms with Crippen LogP contribution in [0.5, 0.6) is 0 Å². The third kappa shape index (κ3) is 7.55. The molecule has 0 fully saturated rings. The van der Waals surface area contributed by atoms with Crippen LogP contribution >= 0.6 is 0 Å². The molecule has 1 atom stereocenters. The van der Waals surface area contributed by atoms with E-state index in [1.54, 1.807) is 33.3 Å².